The molecule has 14 heavy (non-hydrogen) atoms. The molecule has 0 amide bonds. The maximum atomic E-state index is 11.2. The Bertz CT molecular complexity index is 391. The summed E-state index contributed by atoms with van der Waals surface area (Å²) in [6, 6.07) is 1.53. The molecule has 0 atom stereocenters. The van der Waals surface area contributed by atoms with Crippen LogP contribution in [-0.4, -0.2) is 18.1 Å². The van der Waals surface area contributed by atoms with E-state index in [-0.39, 0.29) is 16.4 Å². The van der Waals surface area contributed by atoms with Crippen molar-refractivity contribution in [2.45, 2.75) is 0 Å². The van der Waals surface area contributed by atoms with E-state index < -0.39 is 5.97 Å². The predicted molar refractivity (Wildman–Crippen MR) is 55.1 cm³/mol. The molecule has 0 aromatic carbocycles. The summed E-state index contributed by atoms with van der Waals surface area (Å²) < 4.78 is 4.50. The van der Waals surface area contributed by atoms with Gasteiger partial charge in [-0.05, 0) is 12.1 Å². The molecule has 0 unspecified atom stereocenters. The second-order valence-electron chi connectivity index (χ2n) is 2.49. The molecule has 0 fully saturated rings. The van der Waals surface area contributed by atoms with Crippen molar-refractivity contribution in [2.24, 2.45) is 0 Å². The highest BCUT2D eigenvalue weighted by Crippen LogP contribution is 2.23. The fourth-order valence-corrected chi connectivity index (χ4v) is 1.08. The molecule has 0 aliphatic carbocycles. The van der Waals surface area contributed by atoms with Gasteiger partial charge in [0.1, 0.15) is 0 Å². The highest BCUT2D eigenvalue weighted by Gasteiger charge is 2.15. The van der Waals surface area contributed by atoms with Crippen LogP contribution in [0.3, 0.4) is 0 Å². The van der Waals surface area contributed by atoms with Crippen molar-refractivity contribution in [3.8, 4) is 0 Å². The Morgan fingerprint density at radius 1 is 1.79 bits per heavy atom. The van der Waals surface area contributed by atoms with Crippen molar-refractivity contribution in [3.63, 3.8) is 0 Å². The maximum absolute atomic E-state index is 11.2. The van der Waals surface area contributed by atoms with E-state index in [2.05, 4.69) is 16.3 Å². The normalized spacial score (nSPS) is 9.57. The SMILES string of the molecule is C=Cc1cc(N)c(Cl)c(C(=O)OC)n1. The van der Waals surface area contributed by atoms with Crippen molar-refractivity contribution in [1.29, 1.82) is 0 Å². The van der Waals surface area contributed by atoms with Crippen molar-refractivity contribution < 1.29 is 9.53 Å². The van der Waals surface area contributed by atoms with Crippen LogP contribution in [0.15, 0.2) is 12.6 Å². The van der Waals surface area contributed by atoms with Crippen molar-refractivity contribution in [1.82, 2.24) is 4.98 Å². The standard InChI is InChI=1S/C9H9ClN2O2/c1-3-5-4-6(11)7(10)8(12-5)9(13)14-2/h3-4H,1H2,2H3,(H2,11,12). The number of halogens is 1. The van der Waals surface area contributed by atoms with Crippen LogP contribution in [0.1, 0.15) is 16.2 Å². The minimum Gasteiger partial charge on any atom is -0.464 e. The van der Waals surface area contributed by atoms with Gasteiger partial charge in [-0.25, -0.2) is 9.78 Å². The number of carbonyl (C=O) groups is 1. The fraction of sp³-hybridized carbons (Fsp3) is 0.111. The number of methoxy groups -OCH3 is 1. The van der Waals surface area contributed by atoms with E-state index in [1.54, 1.807) is 0 Å². The maximum Gasteiger partial charge on any atom is 0.358 e. The molecule has 0 radical (unpaired) electrons. The minimum atomic E-state index is -0.620. The number of nitrogens with two attached hydrogens (primary N) is 1. The molecule has 0 bridgehead atoms. The average Bonchev–Trinajstić information content (AvgIpc) is 2.20. The summed E-state index contributed by atoms with van der Waals surface area (Å²) in [5, 5.41) is 0.0995. The number of esters is 1. The number of nitrogens with zero attached hydrogens (tertiary/aromatic N) is 1. The molecular weight excluding hydrogens is 204 g/mol. The zero-order valence-electron chi connectivity index (χ0n) is 7.58. The molecule has 1 rings (SSSR count). The second-order valence-corrected chi connectivity index (χ2v) is 2.87. The van der Waals surface area contributed by atoms with E-state index in [9.17, 15) is 4.79 Å². The lowest BCUT2D eigenvalue weighted by Crippen LogP contribution is -2.07. The van der Waals surface area contributed by atoms with Gasteiger partial charge in [0.05, 0.1) is 23.5 Å². The van der Waals surface area contributed by atoms with Gasteiger partial charge in [-0.3, -0.25) is 0 Å². The highest BCUT2D eigenvalue weighted by molar-refractivity contribution is 6.35. The molecule has 5 heteroatoms. The predicted octanol–water partition coefficient (Wildman–Crippen LogP) is 1.75. The molecule has 0 saturated carbocycles. The van der Waals surface area contributed by atoms with Crippen LogP contribution >= 0.6 is 11.6 Å². The zero-order valence-corrected chi connectivity index (χ0v) is 8.34. The zero-order chi connectivity index (χ0) is 10.7. The Balaban J connectivity index is 3.33. The summed E-state index contributed by atoms with van der Waals surface area (Å²) in [5.41, 5.74) is 6.32. The number of hydrogen-bond donors (Lipinski definition) is 1. The lowest BCUT2D eigenvalue weighted by Gasteiger charge is -2.05. The van der Waals surface area contributed by atoms with Crippen molar-refractivity contribution >= 4 is 29.3 Å². The Morgan fingerprint density at radius 2 is 2.43 bits per heavy atom. The molecule has 1 heterocycles. The van der Waals surface area contributed by atoms with Crippen LogP contribution in [0.4, 0.5) is 5.69 Å². The van der Waals surface area contributed by atoms with Crippen LogP contribution in [-0.2, 0) is 4.74 Å². The van der Waals surface area contributed by atoms with Crippen LogP contribution in [0, 0.1) is 0 Å². The fourth-order valence-electron chi connectivity index (χ4n) is 0.906. The molecule has 0 aliphatic rings. The molecule has 0 aliphatic heterocycles. The van der Waals surface area contributed by atoms with Crippen LogP contribution in [0.2, 0.25) is 5.02 Å². The quantitative estimate of drug-likeness (QED) is 0.759. The third-order valence-corrected chi connectivity index (χ3v) is 1.99. The number of pyridine rings is 1. The first-order chi connectivity index (χ1) is 6.60. The van der Waals surface area contributed by atoms with Gasteiger partial charge < -0.3 is 10.5 Å². The van der Waals surface area contributed by atoms with Crippen LogP contribution in [0.25, 0.3) is 6.08 Å². The number of carbonyl (C=O) groups excluding carboxylic acids is 1. The third-order valence-electron chi connectivity index (χ3n) is 1.59. The van der Waals surface area contributed by atoms with Gasteiger partial charge in [0.15, 0.2) is 5.69 Å². The second kappa shape index (κ2) is 4.11. The van der Waals surface area contributed by atoms with Gasteiger partial charge in [-0.2, -0.15) is 0 Å². The van der Waals surface area contributed by atoms with E-state index >= 15 is 0 Å². The Kier molecular flexibility index (Phi) is 3.09. The Morgan fingerprint density at radius 3 is 2.93 bits per heavy atom. The molecule has 74 valence electrons. The van der Waals surface area contributed by atoms with E-state index in [0.717, 1.165) is 0 Å². The van der Waals surface area contributed by atoms with Gasteiger partial charge in [-0.1, -0.05) is 18.2 Å². The lowest BCUT2D eigenvalue weighted by atomic mass is 10.2. The molecule has 4 nitrogen and oxygen atoms in total. The van der Waals surface area contributed by atoms with Gasteiger partial charge in [0, 0.05) is 0 Å². The summed E-state index contributed by atoms with van der Waals surface area (Å²) in [4.78, 5) is 15.1. The number of hydrogen-bond acceptors (Lipinski definition) is 4. The Hall–Kier alpha value is -1.55. The van der Waals surface area contributed by atoms with E-state index in [0.29, 0.717) is 5.69 Å². The van der Waals surface area contributed by atoms with Gasteiger partial charge in [0.25, 0.3) is 0 Å². The monoisotopic (exact) mass is 212 g/mol. The Labute approximate surface area is 86.3 Å². The number of anilines is 1. The third kappa shape index (κ3) is 1.85. The summed E-state index contributed by atoms with van der Waals surface area (Å²) in [7, 11) is 1.25. The van der Waals surface area contributed by atoms with E-state index in [1.807, 2.05) is 0 Å². The van der Waals surface area contributed by atoms with Crippen LogP contribution in [0.5, 0.6) is 0 Å². The van der Waals surface area contributed by atoms with Gasteiger partial charge in [-0.15, -0.1) is 0 Å². The summed E-state index contributed by atoms with van der Waals surface area (Å²) >= 11 is 5.77. The van der Waals surface area contributed by atoms with E-state index in [4.69, 9.17) is 17.3 Å². The number of ether oxygens (including phenoxy) is 1. The molecule has 1 aromatic heterocycles. The highest BCUT2D eigenvalue weighted by atomic mass is 35.5. The van der Waals surface area contributed by atoms with Gasteiger partial charge in [0.2, 0.25) is 0 Å². The first kappa shape index (κ1) is 10.5. The van der Waals surface area contributed by atoms with Crippen LogP contribution < -0.4 is 5.73 Å². The summed E-state index contributed by atoms with van der Waals surface area (Å²) in [6.45, 7) is 3.51. The molecular formula is C9H9ClN2O2. The van der Waals surface area contributed by atoms with Gasteiger partial charge >= 0.3 is 5.97 Å². The lowest BCUT2D eigenvalue weighted by molar-refractivity contribution is 0.0594. The largest absolute Gasteiger partial charge is 0.464 e. The summed E-state index contributed by atoms with van der Waals surface area (Å²) in [5.74, 6) is -0.620. The minimum absolute atomic E-state index is 0.00377. The smallest absolute Gasteiger partial charge is 0.358 e. The first-order valence-corrected chi connectivity index (χ1v) is 4.14. The van der Waals surface area contributed by atoms with E-state index in [1.165, 1.54) is 19.3 Å². The molecule has 2 N–H and O–H groups in total. The topological polar surface area (TPSA) is 65.2 Å². The van der Waals surface area contributed by atoms with Crippen molar-refractivity contribution in [3.05, 3.63) is 29.1 Å². The first-order valence-electron chi connectivity index (χ1n) is 3.77. The number of nitrogen functional groups attached to an aromatic ring is 1. The molecule has 0 saturated heterocycles. The van der Waals surface area contributed by atoms with Crippen molar-refractivity contribution in [2.75, 3.05) is 12.8 Å². The molecule has 1 aromatic rings. The number of aromatic nitrogens is 1. The average molecular weight is 213 g/mol. The molecule has 0 spiro atoms. The summed E-state index contributed by atoms with van der Waals surface area (Å²) in [6.07, 6.45) is 1.47. The number of rotatable bonds is 2.